The van der Waals surface area contributed by atoms with Gasteiger partial charge < -0.3 is 14.2 Å². The van der Waals surface area contributed by atoms with Gasteiger partial charge in [-0.15, -0.1) is 0 Å². The van der Waals surface area contributed by atoms with Crippen molar-refractivity contribution < 1.29 is 19.0 Å². The lowest BCUT2D eigenvalue weighted by atomic mass is 10.1. The second-order valence-electron chi connectivity index (χ2n) is 8.60. The number of aryl methyl sites for hydroxylation is 1. The third-order valence-corrected chi connectivity index (χ3v) is 6.73. The molecule has 0 spiro atoms. The van der Waals surface area contributed by atoms with Gasteiger partial charge in [0.15, 0.2) is 17.3 Å². The maximum absolute atomic E-state index is 12.8. The molecule has 1 N–H and O–H groups in total. The van der Waals surface area contributed by atoms with Gasteiger partial charge in [0.1, 0.15) is 24.0 Å². The molecule has 38 heavy (non-hydrogen) atoms. The van der Waals surface area contributed by atoms with E-state index in [2.05, 4.69) is 10.1 Å². The van der Waals surface area contributed by atoms with E-state index in [0.29, 0.717) is 41.9 Å². The topological polar surface area (TPSA) is 96.6 Å². The van der Waals surface area contributed by atoms with E-state index in [4.69, 9.17) is 19.6 Å². The van der Waals surface area contributed by atoms with Crippen molar-refractivity contribution in [3.63, 3.8) is 0 Å². The zero-order valence-corrected chi connectivity index (χ0v) is 21.8. The predicted octanol–water partition coefficient (Wildman–Crippen LogP) is 5.32. The molecule has 0 fully saturated rings. The number of amidine groups is 2. The highest BCUT2D eigenvalue weighted by atomic mass is 32.2. The van der Waals surface area contributed by atoms with Crippen molar-refractivity contribution in [2.45, 2.75) is 13.3 Å². The van der Waals surface area contributed by atoms with Crippen LogP contribution in [-0.2, 0) is 11.2 Å². The van der Waals surface area contributed by atoms with Crippen molar-refractivity contribution in [3.8, 4) is 17.2 Å². The number of hydrazone groups is 1. The van der Waals surface area contributed by atoms with E-state index in [-0.39, 0.29) is 11.4 Å². The lowest BCUT2D eigenvalue weighted by molar-refractivity contribution is -0.114. The minimum absolute atomic E-state index is 0.0110. The number of nitrogens with zero attached hydrogens (tertiary/aromatic N) is 3. The number of methoxy groups -OCH3 is 1. The number of thioether (sulfide) groups is 1. The first-order valence-electron chi connectivity index (χ1n) is 12.0. The van der Waals surface area contributed by atoms with Gasteiger partial charge in [-0.05, 0) is 60.2 Å². The lowest BCUT2D eigenvalue weighted by Gasteiger charge is -2.20. The van der Waals surface area contributed by atoms with Gasteiger partial charge in [-0.1, -0.05) is 54.1 Å². The normalized spacial score (nSPS) is 15.7. The van der Waals surface area contributed by atoms with Crippen molar-refractivity contribution in [2.75, 3.05) is 20.3 Å². The molecule has 3 aromatic rings. The third-order valence-electron chi connectivity index (χ3n) is 5.82. The molecule has 0 unspecified atom stereocenters. The summed E-state index contributed by atoms with van der Waals surface area (Å²) in [5, 5.41) is 15.8. The Morgan fingerprint density at radius 3 is 2.50 bits per heavy atom. The van der Waals surface area contributed by atoms with Crippen LogP contribution in [0.25, 0.3) is 6.08 Å². The summed E-state index contributed by atoms with van der Waals surface area (Å²) in [5.41, 5.74) is 3.10. The summed E-state index contributed by atoms with van der Waals surface area (Å²) in [4.78, 5) is 17.0. The molecule has 2 heterocycles. The Kier molecular flexibility index (Phi) is 7.55. The van der Waals surface area contributed by atoms with Crippen LogP contribution >= 0.6 is 11.8 Å². The van der Waals surface area contributed by atoms with Crippen LogP contribution in [0, 0.1) is 12.3 Å². The first-order chi connectivity index (χ1) is 18.5. The molecule has 0 aliphatic carbocycles. The van der Waals surface area contributed by atoms with Crippen molar-refractivity contribution in [2.24, 2.45) is 10.1 Å². The standard InChI is InChI=1S/C29H26N4O4S/c1-19-8-11-22(12-9-19)36-14-15-37-24-13-10-21(17-25(24)35-2)16-23-27(30)33-29(31-28(23)34)38-26(32-33)18-20-6-4-3-5-7-20/h3-13,16-17,30H,14-15,18H2,1-2H3/b23-16-,30-27?. The average molecular weight is 527 g/mol. The Morgan fingerprint density at radius 2 is 1.74 bits per heavy atom. The summed E-state index contributed by atoms with van der Waals surface area (Å²) in [6.07, 6.45) is 2.23. The number of hydrogen-bond donors (Lipinski definition) is 1. The first-order valence-corrected chi connectivity index (χ1v) is 12.8. The Bertz CT molecular complexity index is 1450. The molecule has 192 valence electrons. The van der Waals surface area contributed by atoms with Crippen molar-refractivity contribution >= 4 is 39.8 Å². The largest absolute Gasteiger partial charge is 0.493 e. The number of rotatable bonds is 9. The summed E-state index contributed by atoms with van der Waals surface area (Å²) >= 11 is 1.31. The number of carbonyl (C=O) groups is 1. The summed E-state index contributed by atoms with van der Waals surface area (Å²) in [6, 6.07) is 23.1. The molecule has 0 atom stereocenters. The van der Waals surface area contributed by atoms with Crippen LogP contribution in [-0.4, -0.2) is 47.3 Å². The molecule has 2 aliphatic heterocycles. The lowest BCUT2D eigenvalue weighted by Crippen LogP contribution is -2.35. The number of ether oxygens (including phenoxy) is 3. The number of nitrogens with one attached hydrogen (secondary N) is 1. The zero-order valence-electron chi connectivity index (χ0n) is 21.0. The van der Waals surface area contributed by atoms with Gasteiger partial charge in [0, 0.05) is 6.42 Å². The van der Waals surface area contributed by atoms with Gasteiger partial charge in [0.25, 0.3) is 5.91 Å². The summed E-state index contributed by atoms with van der Waals surface area (Å²) in [7, 11) is 1.55. The molecule has 0 saturated heterocycles. The highest BCUT2D eigenvalue weighted by Crippen LogP contribution is 2.32. The number of amides is 1. The summed E-state index contributed by atoms with van der Waals surface area (Å²) in [6.45, 7) is 2.74. The molecule has 3 aromatic carbocycles. The van der Waals surface area contributed by atoms with Crippen LogP contribution in [0.2, 0.25) is 0 Å². The van der Waals surface area contributed by atoms with Gasteiger partial charge in [-0.25, -0.2) is 0 Å². The second kappa shape index (κ2) is 11.4. The van der Waals surface area contributed by atoms with Crippen LogP contribution in [0.5, 0.6) is 17.2 Å². The molecule has 2 aliphatic rings. The molecule has 0 radical (unpaired) electrons. The molecule has 0 aromatic heterocycles. The number of benzene rings is 3. The van der Waals surface area contributed by atoms with Crippen LogP contribution < -0.4 is 14.2 Å². The first kappa shape index (κ1) is 25.3. The van der Waals surface area contributed by atoms with E-state index in [1.165, 1.54) is 22.3 Å². The fourth-order valence-corrected chi connectivity index (χ4v) is 4.80. The third kappa shape index (κ3) is 5.78. The van der Waals surface area contributed by atoms with Gasteiger partial charge in [0.2, 0.25) is 5.17 Å². The number of hydrogen-bond acceptors (Lipinski definition) is 7. The Morgan fingerprint density at radius 1 is 0.974 bits per heavy atom. The van der Waals surface area contributed by atoms with E-state index in [0.717, 1.165) is 16.4 Å². The molecular weight excluding hydrogens is 500 g/mol. The van der Waals surface area contributed by atoms with Crippen molar-refractivity contribution in [1.29, 1.82) is 5.41 Å². The van der Waals surface area contributed by atoms with Crippen LogP contribution in [0.3, 0.4) is 0 Å². The fourth-order valence-electron chi connectivity index (χ4n) is 3.88. The Balaban J connectivity index is 1.25. The highest BCUT2D eigenvalue weighted by Gasteiger charge is 2.35. The van der Waals surface area contributed by atoms with Crippen LogP contribution in [0.4, 0.5) is 0 Å². The average Bonchev–Trinajstić information content (AvgIpc) is 3.33. The maximum atomic E-state index is 12.8. The quantitative estimate of drug-likeness (QED) is 0.299. The van der Waals surface area contributed by atoms with E-state index < -0.39 is 5.91 Å². The van der Waals surface area contributed by atoms with Gasteiger partial charge in [0.05, 0.1) is 12.7 Å². The SMILES string of the molecule is COc1cc(/C=C2/C(=N)N3N=C(Cc4ccccc4)SC3=NC2=O)ccc1OCCOc1ccc(C)cc1. The zero-order chi connectivity index (χ0) is 26.5. The molecule has 1 amide bonds. The highest BCUT2D eigenvalue weighted by molar-refractivity contribution is 8.26. The van der Waals surface area contributed by atoms with Crippen molar-refractivity contribution in [1.82, 2.24) is 5.01 Å². The van der Waals surface area contributed by atoms with E-state index in [1.54, 1.807) is 31.4 Å². The second-order valence-corrected chi connectivity index (χ2v) is 9.64. The van der Waals surface area contributed by atoms with E-state index in [1.807, 2.05) is 61.5 Å². The van der Waals surface area contributed by atoms with Crippen molar-refractivity contribution in [3.05, 3.63) is 95.1 Å². The van der Waals surface area contributed by atoms with E-state index >= 15 is 0 Å². The Labute approximate surface area is 225 Å². The summed E-state index contributed by atoms with van der Waals surface area (Å²) < 4.78 is 17.1. The molecule has 9 heteroatoms. The Hall–Kier alpha value is -4.37. The smallest absolute Gasteiger partial charge is 0.283 e. The number of carbonyl (C=O) groups excluding carboxylic acids is 1. The number of fused-ring (bicyclic) bond motifs is 1. The summed E-state index contributed by atoms with van der Waals surface area (Å²) in [5.74, 6) is 1.36. The van der Waals surface area contributed by atoms with Gasteiger partial charge in [-0.2, -0.15) is 15.1 Å². The van der Waals surface area contributed by atoms with Crippen LogP contribution in [0.1, 0.15) is 16.7 Å². The predicted molar refractivity (Wildman–Crippen MR) is 150 cm³/mol. The maximum Gasteiger partial charge on any atom is 0.283 e. The molecule has 8 nitrogen and oxygen atoms in total. The van der Waals surface area contributed by atoms with Gasteiger partial charge in [-0.3, -0.25) is 10.2 Å². The molecule has 5 rings (SSSR count). The van der Waals surface area contributed by atoms with Gasteiger partial charge >= 0.3 is 0 Å². The molecular formula is C29H26N4O4S. The molecule has 0 saturated carbocycles. The number of aliphatic imine (C=N–C) groups is 1. The van der Waals surface area contributed by atoms with E-state index in [9.17, 15) is 4.79 Å². The minimum Gasteiger partial charge on any atom is -0.493 e. The monoisotopic (exact) mass is 526 g/mol. The molecule has 0 bridgehead atoms. The minimum atomic E-state index is -0.475. The fraction of sp³-hybridized carbons (Fsp3) is 0.172. The van der Waals surface area contributed by atoms with Crippen LogP contribution in [0.15, 0.2) is 88.5 Å².